The van der Waals surface area contributed by atoms with Crippen molar-refractivity contribution < 1.29 is 4.74 Å². The van der Waals surface area contributed by atoms with Crippen LogP contribution in [0.2, 0.25) is 15.2 Å². The summed E-state index contributed by atoms with van der Waals surface area (Å²) in [4.78, 5) is 16.4. The van der Waals surface area contributed by atoms with E-state index >= 15 is 0 Å². The van der Waals surface area contributed by atoms with Gasteiger partial charge in [-0.1, -0.05) is 34.8 Å². The first-order valence-electron chi connectivity index (χ1n) is 4.70. The number of H-pyrrole nitrogens is 1. The largest absolute Gasteiger partial charge is 0.378 e. The van der Waals surface area contributed by atoms with E-state index in [9.17, 15) is 4.79 Å². The fraction of sp³-hybridized carbons (Fsp3) is 0.444. The summed E-state index contributed by atoms with van der Waals surface area (Å²) in [7, 11) is 0. The summed E-state index contributed by atoms with van der Waals surface area (Å²) in [5, 5.41) is 0.0949. The van der Waals surface area contributed by atoms with Crippen molar-refractivity contribution in [3.05, 3.63) is 25.4 Å². The second-order valence-corrected chi connectivity index (χ2v) is 4.48. The van der Waals surface area contributed by atoms with Crippen LogP contribution >= 0.6 is 34.8 Å². The van der Waals surface area contributed by atoms with Crippen LogP contribution in [-0.2, 0) is 4.74 Å². The molecule has 1 aliphatic heterocycles. The lowest BCUT2D eigenvalue weighted by Gasteiger charge is -2.29. The number of nitrogens with zero attached hydrogens (tertiary/aromatic N) is 1. The molecule has 0 spiro atoms. The molecule has 0 aliphatic carbocycles. The normalized spacial score (nSPS) is 16.6. The fourth-order valence-electron chi connectivity index (χ4n) is 1.52. The molecule has 0 unspecified atom stereocenters. The lowest BCUT2D eigenvalue weighted by atomic mass is 10.3. The predicted octanol–water partition coefficient (Wildman–Crippen LogP) is 2.17. The van der Waals surface area contributed by atoms with Crippen molar-refractivity contribution in [2.24, 2.45) is 0 Å². The molecule has 1 N–H and O–H groups in total. The first kappa shape index (κ1) is 12.0. The first-order chi connectivity index (χ1) is 7.61. The molecule has 0 radical (unpaired) electrons. The summed E-state index contributed by atoms with van der Waals surface area (Å²) in [6, 6.07) is 0. The minimum absolute atomic E-state index is 0.0660. The highest BCUT2D eigenvalue weighted by Gasteiger charge is 2.19. The van der Waals surface area contributed by atoms with Crippen LogP contribution < -0.4 is 10.3 Å². The van der Waals surface area contributed by atoms with Gasteiger partial charge in [-0.05, 0) is 0 Å². The number of pyridine rings is 1. The van der Waals surface area contributed by atoms with Gasteiger partial charge in [0, 0.05) is 13.1 Å². The van der Waals surface area contributed by atoms with Crippen molar-refractivity contribution in [3.63, 3.8) is 0 Å². The van der Waals surface area contributed by atoms with Crippen molar-refractivity contribution in [1.82, 2.24) is 4.98 Å². The van der Waals surface area contributed by atoms with E-state index in [1.807, 2.05) is 4.90 Å². The summed E-state index contributed by atoms with van der Waals surface area (Å²) < 4.78 is 5.21. The van der Waals surface area contributed by atoms with Crippen LogP contribution in [0.25, 0.3) is 0 Å². The van der Waals surface area contributed by atoms with Gasteiger partial charge < -0.3 is 14.6 Å². The van der Waals surface area contributed by atoms with Crippen LogP contribution in [0.3, 0.4) is 0 Å². The third kappa shape index (κ3) is 2.15. The van der Waals surface area contributed by atoms with Crippen LogP contribution in [0.4, 0.5) is 5.82 Å². The van der Waals surface area contributed by atoms with Gasteiger partial charge in [-0.15, -0.1) is 0 Å². The smallest absolute Gasteiger partial charge is 0.222 e. The second-order valence-electron chi connectivity index (χ2n) is 3.34. The van der Waals surface area contributed by atoms with E-state index in [4.69, 9.17) is 39.5 Å². The summed E-state index contributed by atoms with van der Waals surface area (Å²) in [6.45, 7) is 2.51. The second kappa shape index (κ2) is 4.84. The van der Waals surface area contributed by atoms with Crippen LogP contribution in [0.1, 0.15) is 0 Å². The lowest BCUT2D eigenvalue weighted by molar-refractivity contribution is 0.122. The van der Waals surface area contributed by atoms with E-state index in [0.717, 1.165) is 0 Å². The lowest BCUT2D eigenvalue weighted by Crippen LogP contribution is -2.37. The molecule has 1 aliphatic rings. The average Bonchev–Trinajstić information content (AvgIpc) is 2.32. The van der Waals surface area contributed by atoms with E-state index in [-0.39, 0.29) is 15.2 Å². The Bertz CT molecular complexity index is 455. The van der Waals surface area contributed by atoms with Crippen molar-refractivity contribution in [2.75, 3.05) is 31.2 Å². The van der Waals surface area contributed by atoms with E-state index in [1.54, 1.807) is 0 Å². The Hall–Kier alpha value is -0.420. The van der Waals surface area contributed by atoms with Crippen molar-refractivity contribution in [2.45, 2.75) is 0 Å². The molecule has 4 nitrogen and oxygen atoms in total. The van der Waals surface area contributed by atoms with Gasteiger partial charge in [0.25, 0.3) is 0 Å². The molecular formula is C9H9Cl3N2O2. The summed E-state index contributed by atoms with van der Waals surface area (Å²) in [6.07, 6.45) is 0. The maximum atomic E-state index is 11.6. The number of hydrogen-bond donors (Lipinski definition) is 1. The predicted molar refractivity (Wildman–Crippen MR) is 65.1 cm³/mol. The molecule has 88 valence electrons. The summed E-state index contributed by atoms with van der Waals surface area (Å²) in [5.41, 5.74) is -0.450. The highest BCUT2D eigenvalue weighted by molar-refractivity contribution is 6.42. The number of ether oxygens (including phenoxy) is 1. The van der Waals surface area contributed by atoms with Gasteiger partial charge in [0.1, 0.15) is 21.0 Å². The van der Waals surface area contributed by atoms with Crippen LogP contribution in [0, 0.1) is 0 Å². The molecule has 1 saturated heterocycles. The van der Waals surface area contributed by atoms with Crippen molar-refractivity contribution in [1.29, 1.82) is 0 Å². The minimum atomic E-state index is -0.450. The first-order valence-corrected chi connectivity index (χ1v) is 5.84. The highest BCUT2D eigenvalue weighted by Crippen LogP contribution is 2.26. The molecule has 0 aromatic carbocycles. The molecule has 1 aromatic heterocycles. The van der Waals surface area contributed by atoms with Crippen molar-refractivity contribution in [3.8, 4) is 0 Å². The van der Waals surface area contributed by atoms with Gasteiger partial charge in [0.05, 0.1) is 13.2 Å². The molecular weight excluding hydrogens is 274 g/mol. The SMILES string of the molecule is O=c1c(Cl)c(Cl)[nH]c(N2CCOCC2)c1Cl. The Morgan fingerprint density at radius 3 is 2.38 bits per heavy atom. The van der Waals surface area contributed by atoms with Crippen molar-refractivity contribution >= 4 is 40.6 Å². The maximum Gasteiger partial charge on any atom is 0.222 e. The number of hydrogen-bond acceptors (Lipinski definition) is 3. The molecule has 1 fully saturated rings. The number of nitrogens with one attached hydrogen (secondary N) is 1. The van der Waals surface area contributed by atoms with Gasteiger partial charge in [-0.25, -0.2) is 0 Å². The average molecular weight is 284 g/mol. The third-order valence-corrected chi connectivity index (χ3v) is 3.45. The third-order valence-electron chi connectivity index (χ3n) is 2.35. The number of anilines is 1. The topological polar surface area (TPSA) is 45.3 Å². The summed E-state index contributed by atoms with van der Waals surface area (Å²) in [5.74, 6) is 0.504. The molecule has 16 heavy (non-hydrogen) atoms. The zero-order chi connectivity index (χ0) is 11.7. The monoisotopic (exact) mass is 282 g/mol. The molecule has 0 atom stereocenters. The Morgan fingerprint density at radius 1 is 1.12 bits per heavy atom. The number of aromatic nitrogens is 1. The minimum Gasteiger partial charge on any atom is -0.378 e. The van der Waals surface area contributed by atoms with Gasteiger partial charge in [0.15, 0.2) is 0 Å². The number of aromatic amines is 1. The standard InChI is InChI=1S/C9H9Cl3N2O2/c10-5-7(15)6(11)9(13-8(5)12)14-1-3-16-4-2-14/h1-4H2,(H,13,15). The Labute approximate surface area is 107 Å². The molecule has 7 heteroatoms. The molecule has 0 saturated carbocycles. The van der Waals surface area contributed by atoms with E-state index < -0.39 is 5.43 Å². The molecule has 2 rings (SSSR count). The number of rotatable bonds is 1. The molecule has 2 heterocycles. The number of morpholine rings is 1. The zero-order valence-corrected chi connectivity index (χ0v) is 10.5. The zero-order valence-electron chi connectivity index (χ0n) is 8.23. The molecule has 0 bridgehead atoms. The van der Waals surface area contributed by atoms with E-state index in [2.05, 4.69) is 4.98 Å². The fourth-order valence-corrected chi connectivity index (χ4v) is 2.15. The Kier molecular flexibility index (Phi) is 3.64. The van der Waals surface area contributed by atoms with Gasteiger partial charge >= 0.3 is 0 Å². The summed E-state index contributed by atoms with van der Waals surface area (Å²) >= 11 is 17.4. The van der Waals surface area contributed by atoms with Gasteiger partial charge in [0.2, 0.25) is 5.43 Å². The molecule has 0 amide bonds. The van der Waals surface area contributed by atoms with Crippen LogP contribution in [0.5, 0.6) is 0 Å². The van der Waals surface area contributed by atoms with E-state index in [0.29, 0.717) is 32.1 Å². The van der Waals surface area contributed by atoms with Crippen LogP contribution in [-0.4, -0.2) is 31.3 Å². The quantitative estimate of drug-likeness (QED) is 0.804. The van der Waals surface area contributed by atoms with E-state index in [1.165, 1.54) is 0 Å². The molecule has 1 aromatic rings. The highest BCUT2D eigenvalue weighted by atomic mass is 35.5. The maximum absolute atomic E-state index is 11.6. The Morgan fingerprint density at radius 2 is 1.75 bits per heavy atom. The van der Waals surface area contributed by atoms with Crippen LogP contribution in [0.15, 0.2) is 4.79 Å². The van der Waals surface area contributed by atoms with Gasteiger partial charge in [-0.3, -0.25) is 4.79 Å². The Balaban J connectivity index is 2.44. The van der Waals surface area contributed by atoms with Gasteiger partial charge in [-0.2, -0.15) is 0 Å². The number of halogens is 3.